The molecule has 0 aromatic heterocycles. The van der Waals surface area contributed by atoms with Crippen LogP contribution >= 0.6 is 0 Å². The zero-order valence-corrected chi connectivity index (χ0v) is 16.6. The van der Waals surface area contributed by atoms with Gasteiger partial charge in [-0.2, -0.15) is 5.10 Å². The van der Waals surface area contributed by atoms with E-state index in [1.807, 2.05) is 27.7 Å². The standard InChI is InChI=1S/C19H31N3O5/c1-5-25-19(24)16-10(2)17(20-11(16)3)12(4)21-22-18(23)13-6-7-14-15(8-13)27-9-26-14/h10-11,13-17,20H,5-9H2,1-4H3,(H,22,23)/b21-12+. The van der Waals surface area contributed by atoms with Crippen molar-refractivity contribution in [3.05, 3.63) is 0 Å². The molecule has 2 heterocycles. The summed E-state index contributed by atoms with van der Waals surface area (Å²) in [6, 6.07) is -0.0725. The molecule has 7 atom stereocenters. The zero-order chi connectivity index (χ0) is 19.6. The van der Waals surface area contributed by atoms with Gasteiger partial charge < -0.3 is 19.5 Å². The number of carbonyl (C=O) groups is 2. The molecule has 8 nitrogen and oxygen atoms in total. The maximum atomic E-state index is 12.5. The lowest BCUT2D eigenvalue weighted by Gasteiger charge is -2.28. The molecule has 2 aliphatic heterocycles. The summed E-state index contributed by atoms with van der Waals surface area (Å²) in [5.41, 5.74) is 3.48. The normalized spacial score (nSPS) is 39.1. The second-order valence-electron chi connectivity index (χ2n) is 7.84. The Bertz CT molecular complexity index is 596. The summed E-state index contributed by atoms with van der Waals surface area (Å²) in [6.45, 7) is 8.38. The first-order valence-corrected chi connectivity index (χ1v) is 9.92. The molecule has 0 bridgehead atoms. The van der Waals surface area contributed by atoms with Crippen molar-refractivity contribution >= 4 is 17.6 Å². The van der Waals surface area contributed by atoms with Crippen LogP contribution in [0.15, 0.2) is 5.10 Å². The zero-order valence-electron chi connectivity index (χ0n) is 16.6. The first-order valence-electron chi connectivity index (χ1n) is 9.92. The van der Waals surface area contributed by atoms with Gasteiger partial charge in [0, 0.05) is 12.0 Å². The largest absolute Gasteiger partial charge is 0.466 e. The van der Waals surface area contributed by atoms with Crippen molar-refractivity contribution < 1.29 is 23.8 Å². The van der Waals surface area contributed by atoms with Crippen molar-refractivity contribution in [1.29, 1.82) is 0 Å². The van der Waals surface area contributed by atoms with Gasteiger partial charge in [0.15, 0.2) is 0 Å². The van der Waals surface area contributed by atoms with Crippen molar-refractivity contribution in [3.63, 3.8) is 0 Å². The lowest BCUT2D eigenvalue weighted by atomic mass is 9.85. The molecule has 7 unspecified atom stereocenters. The Balaban J connectivity index is 1.55. The predicted molar refractivity (Wildman–Crippen MR) is 98.9 cm³/mol. The topological polar surface area (TPSA) is 98.2 Å². The summed E-state index contributed by atoms with van der Waals surface area (Å²) in [7, 11) is 0. The van der Waals surface area contributed by atoms with E-state index >= 15 is 0 Å². The Morgan fingerprint density at radius 1 is 1.22 bits per heavy atom. The summed E-state index contributed by atoms with van der Waals surface area (Å²) >= 11 is 0. The van der Waals surface area contributed by atoms with Gasteiger partial charge in [0.25, 0.3) is 0 Å². The second-order valence-corrected chi connectivity index (χ2v) is 7.84. The van der Waals surface area contributed by atoms with Crippen LogP contribution in [-0.2, 0) is 23.8 Å². The molecule has 8 heteroatoms. The molecular formula is C19H31N3O5. The minimum atomic E-state index is -0.217. The van der Waals surface area contributed by atoms with E-state index in [-0.39, 0.29) is 53.9 Å². The summed E-state index contributed by atoms with van der Waals surface area (Å²) in [6.07, 6.45) is 2.44. The number of nitrogens with one attached hydrogen (secondary N) is 2. The van der Waals surface area contributed by atoms with E-state index in [2.05, 4.69) is 15.8 Å². The van der Waals surface area contributed by atoms with Gasteiger partial charge in [0.1, 0.15) is 6.79 Å². The summed E-state index contributed by atoms with van der Waals surface area (Å²) in [5, 5.41) is 7.73. The Hall–Kier alpha value is -1.51. The molecule has 3 rings (SSSR count). The van der Waals surface area contributed by atoms with Crippen molar-refractivity contribution in [3.8, 4) is 0 Å². The minimum Gasteiger partial charge on any atom is -0.466 e. The third kappa shape index (κ3) is 4.33. The number of fused-ring (bicyclic) bond motifs is 1. The van der Waals surface area contributed by atoms with Gasteiger partial charge in [0.05, 0.1) is 36.5 Å². The Morgan fingerprint density at radius 3 is 2.70 bits per heavy atom. The number of ether oxygens (including phenoxy) is 3. The summed E-state index contributed by atoms with van der Waals surface area (Å²) in [4.78, 5) is 24.7. The lowest BCUT2D eigenvalue weighted by Crippen LogP contribution is -2.40. The van der Waals surface area contributed by atoms with Crippen LogP contribution in [0.25, 0.3) is 0 Å². The molecule has 27 heavy (non-hydrogen) atoms. The van der Waals surface area contributed by atoms with Crippen LogP contribution in [0, 0.1) is 17.8 Å². The number of carbonyl (C=O) groups excluding carboxylic acids is 2. The third-order valence-corrected chi connectivity index (χ3v) is 6.09. The highest BCUT2D eigenvalue weighted by atomic mass is 16.7. The third-order valence-electron chi connectivity index (χ3n) is 6.09. The average Bonchev–Trinajstić information content (AvgIpc) is 3.22. The molecule has 3 fully saturated rings. The number of rotatable bonds is 5. The number of amides is 1. The summed E-state index contributed by atoms with van der Waals surface area (Å²) < 4.78 is 16.2. The first-order chi connectivity index (χ1) is 12.9. The molecule has 1 saturated carbocycles. The SMILES string of the molecule is CCOC(=O)C1C(C)NC(/C(C)=N/NC(=O)C2CCC3OCOC3C2)C1C. The van der Waals surface area contributed by atoms with Crippen molar-refractivity contribution in [2.75, 3.05) is 13.4 Å². The van der Waals surface area contributed by atoms with E-state index in [1.165, 1.54) is 0 Å². The minimum absolute atomic E-state index is 0.000283. The lowest BCUT2D eigenvalue weighted by molar-refractivity contribution is -0.149. The van der Waals surface area contributed by atoms with Gasteiger partial charge in [-0.25, -0.2) is 5.43 Å². The number of hydrogen-bond acceptors (Lipinski definition) is 7. The molecule has 152 valence electrons. The number of nitrogens with zero attached hydrogens (tertiary/aromatic N) is 1. The van der Waals surface area contributed by atoms with Crippen LogP contribution in [0.2, 0.25) is 0 Å². The molecule has 2 N–H and O–H groups in total. The van der Waals surface area contributed by atoms with Crippen LogP contribution in [0.5, 0.6) is 0 Å². The second kappa shape index (κ2) is 8.67. The summed E-state index contributed by atoms with van der Waals surface area (Å²) in [5.74, 6) is -0.543. The fourth-order valence-corrected chi connectivity index (χ4v) is 4.58. The molecule has 3 aliphatic rings. The molecule has 0 radical (unpaired) electrons. The van der Waals surface area contributed by atoms with Crippen molar-refractivity contribution in [2.45, 2.75) is 71.2 Å². The highest BCUT2D eigenvalue weighted by Gasteiger charge is 2.44. The van der Waals surface area contributed by atoms with E-state index < -0.39 is 0 Å². The van der Waals surface area contributed by atoms with Crippen molar-refractivity contribution in [1.82, 2.24) is 10.7 Å². The highest BCUT2D eigenvalue weighted by molar-refractivity contribution is 5.91. The van der Waals surface area contributed by atoms with Gasteiger partial charge >= 0.3 is 5.97 Å². The van der Waals surface area contributed by atoms with Crippen molar-refractivity contribution in [2.24, 2.45) is 22.9 Å². The highest BCUT2D eigenvalue weighted by Crippen LogP contribution is 2.32. The van der Waals surface area contributed by atoms with E-state index in [1.54, 1.807) is 0 Å². The maximum absolute atomic E-state index is 12.5. The Labute approximate surface area is 160 Å². The van der Waals surface area contributed by atoms with Gasteiger partial charge in [-0.15, -0.1) is 0 Å². The van der Waals surface area contributed by atoms with E-state index in [0.29, 0.717) is 19.8 Å². The monoisotopic (exact) mass is 381 g/mol. The van der Waals surface area contributed by atoms with Crippen LogP contribution in [0.4, 0.5) is 0 Å². The van der Waals surface area contributed by atoms with E-state index in [0.717, 1.165) is 18.6 Å². The van der Waals surface area contributed by atoms with Gasteiger partial charge in [-0.3, -0.25) is 9.59 Å². The Morgan fingerprint density at radius 2 is 1.96 bits per heavy atom. The molecule has 0 spiro atoms. The fraction of sp³-hybridized carbons (Fsp3) is 0.842. The first kappa shape index (κ1) is 20.2. The molecule has 2 saturated heterocycles. The van der Waals surface area contributed by atoms with Gasteiger partial charge in [0.2, 0.25) is 5.91 Å². The predicted octanol–water partition coefficient (Wildman–Crippen LogP) is 1.20. The molecule has 1 amide bonds. The van der Waals surface area contributed by atoms with Crippen LogP contribution in [-0.4, -0.2) is 55.3 Å². The molecule has 0 aromatic carbocycles. The fourth-order valence-electron chi connectivity index (χ4n) is 4.58. The number of hydrogen-bond donors (Lipinski definition) is 2. The van der Waals surface area contributed by atoms with Gasteiger partial charge in [-0.05, 0) is 46.0 Å². The van der Waals surface area contributed by atoms with Gasteiger partial charge in [-0.1, -0.05) is 6.92 Å². The quantitative estimate of drug-likeness (QED) is 0.422. The molecular weight excluding hydrogens is 350 g/mol. The van der Waals surface area contributed by atoms with Crippen LogP contribution in [0.1, 0.15) is 47.0 Å². The van der Waals surface area contributed by atoms with E-state index in [4.69, 9.17) is 14.2 Å². The smallest absolute Gasteiger partial charge is 0.310 e. The average molecular weight is 381 g/mol. The molecule has 0 aromatic rings. The molecule has 1 aliphatic carbocycles. The van der Waals surface area contributed by atoms with Crippen LogP contribution in [0.3, 0.4) is 0 Å². The number of esters is 1. The van der Waals surface area contributed by atoms with Crippen LogP contribution < -0.4 is 10.7 Å². The van der Waals surface area contributed by atoms with E-state index in [9.17, 15) is 9.59 Å². The Kier molecular flexibility index (Phi) is 6.49. The maximum Gasteiger partial charge on any atom is 0.310 e. The number of hydrazone groups is 1.